The number of ether oxygens (including phenoxy) is 1. The van der Waals surface area contributed by atoms with Gasteiger partial charge in [-0.15, -0.1) is 29.8 Å². The quantitative estimate of drug-likeness (QED) is 0.00761. The van der Waals surface area contributed by atoms with Gasteiger partial charge >= 0.3 is 6.09 Å². The van der Waals surface area contributed by atoms with Crippen LogP contribution >= 0.6 is 12.4 Å². The summed E-state index contributed by atoms with van der Waals surface area (Å²) in [5, 5.41) is 31.9. The molecule has 7 rings (SSSR count). The molecule has 424 valence electrons. The summed E-state index contributed by atoms with van der Waals surface area (Å²) in [4.78, 5) is 50.2. The molecule has 7 N–H and O–H groups in total. The molecule has 80 heavy (non-hydrogen) atoms. The lowest BCUT2D eigenvalue weighted by Crippen LogP contribution is -2.27. The van der Waals surface area contributed by atoms with Crippen molar-refractivity contribution in [1.82, 2.24) is 34.5 Å². The maximum atomic E-state index is 14.0. The number of nitrogens with one attached hydrogen (secondary N) is 1. The number of hydrogen-bond acceptors (Lipinski definition) is 13. The van der Waals surface area contributed by atoms with Crippen molar-refractivity contribution >= 4 is 42.0 Å². The van der Waals surface area contributed by atoms with Gasteiger partial charge in [-0.05, 0) is 144 Å². The first-order valence-electron chi connectivity index (χ1n) is 25.6. The van der Waals surface area contributed by atoms with Crippen LogP contribution in [0, 0.1) is 35.6 Å². The van der Waals surface area contributed by atoms with Crippen LogP contribution in [0.25, 0.3) is 32.7 Å². The number of imidazole rings is 2. The number of anilines is 2. The van der Waals surface area contributed by atoms with Gasteiger partial charge in [-0.2, -0.15) is 0 Å². The molecule has 0 radical (unpaired) electrons. The van der Waals surface area contributed by atoms with Crippen LogP contribution in [0.3, 0.4) is 0 Å². The lowest BCUT2D eigenvalue weighted by atomic mass is 9.99. The summed E-state index contributed by atoms with van der Waals surface area (Å²) >= 11 is 0. The highest BCUT2D eigenvalue weighted by atomic mass is 35.5. The van der Waals surface area contributed by atoms with E-state index in [0.717, 1.165) is 106 Å². The predicted octanol–water partition coefficient (Wildman–Crippen LogP) is 12.9. The number of terminal acetylenes is 1. The van der Waals surface area contributed by atoms with Crippen molar-refractivity contribution in [3.05, 3.63) is 153 Å². The SMILES string of the molecule is C#CCCCCCc1cn(C(=O)OC(C)(C)C)c(N)n1.Cl.Nc1ncc(CCCCCc2cn(CCCC(=O)c3ccc(-c4ccc(F)cc4F)cc3O)nn2)[nH]1.[N-]=[N+]=NCCCC(=O)c1ccc(-c2ccc(F)cc2F)cc1O. The number of Topliss-reactive ketones (excluding diaryl/α,β-unsaturated/α-hetero) is 2. The van der Waals surface area contributed by atoms with Crippen LogP contribution in [-0.2, 0) is 30.5 Å². The molecule has 3 heterocycles. The third-order valence-electron chi connectivity index (χ3n) is 11.8. The Morgan fingerprint density at radius 3 is 1.85 bits per heavy atom. The molecule has 0 unspecified atom stereocenters. The molecule has 23 heteroatoms. The van der Waals surface area contributed by atoms with E-state index in [0.29, 0.717) is 36.5 Å². The Kier molecular flexibility index (Phi) is 25.3. The van der Waals surface area contributed by atoms with Crippen molar-refractivity contribution in [3.8, 4) is 46.1 Å². The second-order valence-corrected chi connectivity index (χ2v) is 19.3. The number of unbranched alkanes of at least 4 members (excludes halogenated alkanes) is 5. The zero-order valence-electron chi connectivity index (χ0n) is 44.7. The molecule has 7 aromatic rings. The van der Waals surface area contributed by atoms with Crippen LogP contribution in [0.4, 0.5) is 34.3 Å². The molecule has 0 spiro atoms. The highest BCUT2D eigenvalue weighted by Gasteiger charge is 2.21. The highest BCUT2D eigenvalue weighted by molar-refractivity contribution is 5.99. The van der Waals surface area contributed by atoms with Crippen LogP contribution in [0.15, 0.2) is 96.5 Å². The number of ketones is 2. The Labute approximate surface area is 467 Å². The topological polar surface area (TPSA) is 279 Å². The Bertz CT molecular complexity index is 3270. The minimum absolute atomic E-state index is 0. The molecule has 0 aliphatic rings. The average Bonchev–Trinajstić information content (AvgIpc) is 4.19. The van der Waals surface area contributed by atoms with E-state index in [1.807, 2.05) is 27.0 Å². The number of rotatable bonds is 23. The van der Waals surface area contributed by atoms with Gasteiger partial charge in [0.25, 0.3) is 0 Å². The molecule has 0 aliphatic carbocycles. The van der Waals surface area contributed by atoms with E-state index in [9.17, 15) is 42.2 Å². The molecule has 0 fully saturated rings. The lowest BCUT2D eigenvalue weighted by Gasteiger charge is -2.19. The maximum Gasteiger partial charge on any atom is 0.421 e. The smallest absolute Gasteiger partial charge is 0.421 e. The number of halogens is 5. The molecule has 0 atom stereocenters. The summed E-state index contributed by atoms with van der Waals surface area (Å²) in [6.07, 6.45) is 20.7. The molecular weight excluding hydrogens is 1060 g/mol. The lowest BCUT2D eigenvalue weighted by molar-refractivity contribution is 0.0540. The number of aryl methyl sites for hydroxylation is 4. The van der Waals surface area contributed by atoms with E-state index in [-0.39, 0.29) is 83.1 Å². The number of nitrogens with zero attached hydrogens (tertiary/aromatic N) is 9. The van der Waals surface area contributed by atoms with Crippen molar-refractivity contribution in [2.75, 3.05) is 18.0 Å². The van der Waals surface area contributed by atoms with Gasteiger partial charge < -0.3 is 31.4 Å². The summed E-state index contributed by atoms with van der Waals surface area (Å²) < 4.78 is 62.0. The molecule has 0 saturated carbocycles. The number of carbonyl (C=O) groups is 3. The zero-order chi connectivity index (χ0) is 57.5. The molecule has 0 bridgehead atoms. The third kappa shape index (κ3) is 20.6. The summed E-state index contributed by atoms with van der Waals surface area (Å²) in [6, 6.07) is 14.8. The summed E-state index contributed by atoms with van der Waals surface area (Å²) in [5.41, 5.74) is 22.9. The van der Waals surface area contributed by atoms with E-state index in [1.165, 1.54) is 53.1 Å². The highest BCUT2D eigenvalue weighted by Crippen LogP contribution is 2.31. The first-order chi connectivity index (χ1) is 37.7. The predicted molar refractivity (Wildman–Crippen MR) is 299 cm³/mol. The number of phenols is 2. The molecule has 3 aromatic heterocycles. The number of carbonyl (C=O) groups excluding carboxylic acids is 3. The average molecular weight is 1130 g/mol. The van der Waals surface area contributed by atoms with Crippen LogP contribution in [0.5, 0.6) is 11.5 Å². The zero-order valence-corrected chi connectivity index (χ0v) is 45.5. The first-order valence-corrected chi connectivity index (χ1v) is 25.6. The van der Waals surface area contributed by atoms with E-state index < -0.39 is 35.0 Å². The number of benzene rings is 4. The van der Waals surface area contributed by atoms with Crippen molar-refractivity contribution in [2.45, 2.75) is 123 Å². The molecule has 0 aliphatic heterocycles. The molecule has 0 amide bonds. The molecule has 0 saturated heterocycles. The Balaban J connectivity index is 0.000000272. The van der Waals surface area contributed by atoms with Crippen LogP contribution < -0.4 is 11.5 Å². The van der Waals surface area contributed by atoms with E-state index in [1.54, 1.807) is 17.1 Å². The number of aromatic amines is 1. The minimum atomic E-state index is -0.752. The Morgan fingerprint density at radius 1 is 0.762 bits per heavy atom. The van der Waals surface area contributed by atoms with Crippen LogP contribution in [0.2, 0.25) is 0 Å². The fraction of sp³-hybridized carbons (Fsp3) is 0.351. The van der Waals surface area contributed by atoms with Gasteiger partial charge in [-0.25, -0.2) is 36.9 Å². The molecule has 4 aromatic carbocycles. The van der Waals surface area contributed by atoms with Gasteiger partial charge in [0.2, 0.25) is 5.95 Å². The van der Waals surface area contributed by atoms with E-state index >= 15 is 0 Å². The molecular formula is C57H65ClF4N12O6. The van der Waals surface area contributed by atoms with Crippen molar-refractivity contribution in [2.24, 2.45) is 5.11 Å². The second kappa shape index (κ2) is 31.7. The number of azide groups is 1. The maximum absolute atomic E-state index is 14.0. The number of nitrogens with two attached hydrogens (primary N) is 2. The fourth-order valence-electron chi connectivity index (χ4n) is 7.94. The normalized spacial score (nSPS) is 10.7. The second-order valence-electron chi connectivity index (χ2n) is 19.3. The van der Waals surface area contributed by atoms with Gasteiger partial charge in [0.15, 0.2) is 17.5 Å². The summed E-state index contributed by atoms with van der Waals surface area (Å²) in [6.45, 7) is 6.15. The first kappa shape index (κ1) is 63.9. The largest absolute Gasteiger partial charge is 0.507 e. The number of H-pyrrole nitrogens is 1. The number of aromatic nitrogens is 7. The van der Waals surface area contributed by atoms with Crippen molar-refractivity contribution in [3.63, 3.8) is 0 Å². The van der Waals surface area contributed by atoms with Crippen LogP contribution in [-0.4, -0.2) is 74.5 Å². The van der Waals surface area contributed by atoms with Crippen molar-refractivity contribution in [1.29, 1.82) is 0 Å². The van der Waals surface area contributed by atoms with Gasteiger partial charge in [-0.3, -0.25) is 14.3 Å². The number of nitrogen functional groups attached to an aromatic ring is 2. The van der Waals surface area contributed by atoms with Gasteiger partial charge in [-0.1, -0.05) is 35.3 Å². The number of aromatic hydroxyl groups is 2. The third-order valence-corrected chi connectivity index (χ3v) is 11.8. The van der Waals surface area contributed by atoms with Crippen molar-refractivity contribution < 1.29 is 46.9 Å². The number of hydrogen-bond donors (Lipinski definition) is 5. The Hall–Kier alpha value is -8.67. The Morgan fingerprint density at radius 2 is 1.32 bits per heavy atom. The standard InChI is InChI=1S/C26H28F2N6O2.C16H13F2N3O2.C15H23N3O2.ClH/c27-18-9-11-21(23(28)14-18)17-8-10-22(25(36)13-17)24(35)7-4-12-34-16-20(32-33-34)6-3-1-2-5-19-15-30-26(29)31-19;17-11-4-6-12(14(18)9-11)10-3-5-13(16(23)8-10)15(22)2-1-7-20-21-19;1-5-6-7-8-9-10-12-11-18(13(16)17-12)14(19)20-15(2,3)4;/h8-11,13-16,36H,1-7,12H2,(H3,29,30,31);3-6,8-9,23H,1-2,7H2;1,11H,6-10H2,2-4H3,(H2,16,17);1H. The fourth-order valence-corrected chi connectivity index (χ4v) is 7.94. The van der Waals surface area contributed by atoms with Gasteiger partial charge in [0, 0.05) is 78.6 Å². The monoisotopic (exact) mass is 1120 g/mol. The van der Waals surface area contributed by atoms with Gasteiger partial charge in [0.05, 0.1) is 28.7 Å². The van der Waals surface area contributed by atoms with Crippen LogP contribution in [0.1, 0.15) is 129 Å². The van der Waals surface area contributed by atoms with E-state index in [4.69, 9.17) is 28.2 Å². The minimum Gasteiger partial charge on any atom is -0.507 e. The van der Waals surface area contributed by atoms with Gasteiger partial charge in [0.1, 0.15) is 40.4 Å². The number of phenolic OH excluding ortho intramolecular Hbond substituents is 2. The summed E-state index contributed by atoms with van der Waals surface area (Å²) in [5.74, 6) is -0.682. The van der Waals surface area contributed by atoms with E-state index in [2.05, 4.69) is 41.2 Å². The molecule has 18 nitrogen and oxygen atoms in total. The summed E-state index contributed by atoms with van der Waals surface area (Å²) in [7, 11) is 0.